The van der Waals surface area contributed by atoms with Gasteiger partial charge in [0.15, 0.2) is 11.5 Å². The molecule has 0 saturated heterocycles. The average molecular weight is 531 g/mol. The first kappa shape index (κ1) is 26.1. The van der Waals surface area contributed by atoms with Gasteiger partial charge in [-0.25, -0.2) is 10.2 Å². The molecule has 0 radical (unpaired) electrons. The Kier molecular flexibility index (Phi) is 8.55. The number of halogens is 2. The summed E-state index contributed by atoms with van der Waals surface area (Å²) < 4.78 is 10.5. The van der Waals surface area contributed by atoms with Crippen molar-refractivity contribution >= 4 is 58.6 Å². The number of amides is 2. The number of nitrogens with one attached hydrogen (secondary N) is 2. The molecular weight excluding hydrogens is 515 g/mol. The Morgan fingerprint density at radius 1 is 1.00 bits per heavy atom. The molecule has 36 heavy (non-hydrogen) atoms. The molecule has 184 valence electrons. The van der Waals surface area contributed by atoms with Crippen LogP contribution in [0.1, 0.15) is 15.9 Å². The fraction of sp³-hybridized carbons (Fsp3) is 0.0435. The standard InChI is InChI=1S/C23H16Cl2N4O7/c1-35-19-11-13(5-10-18(19)36-23(32)14-6-8-15(9-7-14)29(33)34)12-26-28-22(31)21(30)27-17-4-2-3-16(24)20(17)25/h2-12H,1H3,(H,27,30)(H,28,31)/b26-12+. The SMILES string of the molecule is COc1cc(/C=N/NC(=O)C(=O)Nc2cccc(Cl)c2Cl)ccc1OC(=O)c1ccc([N+](=O)[O-])cc1. The molecule has 0 spiro atoms. The van der Waals surface area contributed by atoms with Crippen molar-refractivity contribution in [1.82, 2.24) is 5.43 Å². The van der Waals surface area contributed by atoms with Crippen molar-refractivity contribution in [1.29, 1.82) is 0 Å². The minimum atomic E-state index is -1.05. The Hall–Kier alpha value is -4.48. The van der Waals surface area contributed by atoms with Crippen molar-refractivity contribution < 1.29 is 28.8 Å². The van der Waals surface area contributed by atoms with Crippen molar-refractivity contribution in [2.24, 2.45) is 5.10 Å². The fourth-order valence-corrected chi connectivity index (χ4v) is 3.07. The normalized spacial score (nSPS) is 10.5. The summed E-state index contributed by atoms with van der Waals surface area (Å²) in [6, 6.07) is 13.9. The fourth-order valence-electron chi connectivity index (χ4n) is 2.72. The Balaban J connectivity index is 1.62. The predicted molar refractivity (Wildman–Crippen MR) is 132 cm³/mol. The molecule has 0 aliphatic carbocycles. The number of non-ortho nitro benzene ring substituents is 1. The van der Waals surface area contributed by atoms with E-state index >= 15 is 0 Å². The van der Waals surface area contributed by atoms with Crippen molar-refractivity contribution in [2.75, 3.05) is 12.4 Å². The van der Waals surface area contributed by atoms with Crippen LogP contribution in [0.4, 0.5) is 11.4 Å². The van der Waals surface area contributed by atoms with Gasteiger partial charge in [0.05, 0.1) is 39.5 Å². The van der Waals surface area contributed by atoms with Gasteiger partial charge < -0.3 is 14.8 Å². The Bertz CT molecular complexity index is 1360. The molecule has 0 unspecified atom stereocenters. The van der Waals surface area contributed by atoms with Gasteiger partial charge in [-0.2, -0.15) is 5.10 Å². The maximum Gasteiger partial charge on any atom is 0.343 e. The van der Waals surface area contributed by atoms with E-state index in [1.54, 1.807) is 6.07 Å². The second-order valence-electron chi connectivity index (χ2n) is 6.86. The topological polar surface area (TPSA) is 149 Å². The van der Waals surface area contributed by atoms with Crippen LogP contribution >= 0.6 is 23.2 Å². The van der Waals surface area contributed by atoms with Crippen molar-refractivity contribution in [3.63, 3.8) is 0 Å². The van der Waals surface area contributed by atoms with Crippen LogP contribution in [-0.2, 0) is 9.59 Å². The van der Waals surface area contributed by atoms with Gasteiger partial charge in [0, 0.05) is 12.1 Å². The van der Waals surface area contributed by atoms with E-state index in [1.807, 2.05) is 0 Å². The second kappa shape index (κ2) is 11.8. The number of carbonyl (C=O) groups excluding carboxylic acids is 3. The van der Waals surface area contributed by atoms with E-state index in [4.69, 9.17) is 32.7 Å². The molecule has 0 aliphatic rings. The Labute approximate surface area is 213 Å². The summed E-state index contributed by atoms with van der Waals surface area (Å²) in [6.45, 7) is 0. The molecule has 0 aliphatic heterocycles. The molecule has 0 bridgehead atoms. The summed E-state index contributed by atoms with van der Waals surface area (Å²) in [7, 11) is 1.35. The molecule has 0 fully saturated rings. The zero-order chi connectivity index (χ0) is 26.2. The summed E-state index contributed by atoms with van der Waals surface area (Å²) in [5.74, 6) is -2.55. The van der Waals surface area contributed by atoms with Crippen LogP contribution in [0.3, 0.4) is 0 Å². The first-order valence-electron chi connectivity index (χ1n) is 9.92. The van der Waals surface area contributed by atoms with Crippen LogP contribution < -0.4 is 20.2 Å². The van der Waals surface area contributed by atoms with Crippen molar-refractivity contribution in [3.8, 4) is 11.5 Å². The molecule has 0 saturated carbocycles. The van der Waals surface area contributed by atoms with Crippen molar-refractivity contribution in [2.45, 2.75) is 0 Å². The number of ether oxygens (including phenoxy) is 2. The van der Waals surface area contributed by atoms with Crippen LogP contribution in [0.15, 0.2) is 65.8 Å². The summed E-state index contributed by atoms with van der Waals surface area (Å²) >= 11 is 11.8. The molecule has 0 heterocycles. The molecule has 2 N–H and O–H groups in total. The molecule has 0 atom stereocenters. The lowest BCUT2D eigenvalue weighted by Gasteiger charge is -2.10. The minimum Gasteiger partial charge on any atom is -0.493 e. The Morgan fingerprint density at radius 3 is 2.39 bits per heavy atom. The first-order valence-corrected chi connectivity index (χ1v) is 10.7. The summed E-state index contributed by atoms with van der Waals surface area (Å²) in [6.07, 6.45) is 1.24. The first-order chi connectivity index (χ1) is 17.2. The van der Waals surface area contributed by atoms with Crippen LogP contribution in [0.25, 0.3) is 0 Å². The van der Waals surface area contributed by atoms with E-state index in [0.717, 1.165) is 0 Å². The summed E-state index contributed by atoms with van der Waals surface area (Å²) in [5.41, 5.74) is 2.62. The van der Waals surface area contributed by atoms with Gasteiger partial charge in [0.25, 0.3) is 5.69 Å². The molecule has 3 aromatic rings. The number of hydrogen-bond donors (Lipinski definition) is 2. The summed E-state index contributed by atoms with van der Waals surface area (Å²) in [4.78, 5) is 46.5. The number of carbonyl (C=O) groups is 3. The molecule has 0 aromatic heterocycles. The lowest BCUT2D eigenvalue weighted by Crippen LogP contribution is -2.32. The predicted octanol–water partition coefficient (Wildman–Crippen LogP) is 4.22. The largest absolute Gasteiger partial charge is 0.493 e. The molecule has 3 rings (SSSR count). The van der Waals surface area contributed by atoms with Gasteiger partial charge in [0.1, 0.15) is 0 Å². The van der Waals surface area contributed by atoms with Crippen LogP contribution in [-0.4, -0.2) is 36.0 Å². The van der Waals surface area contributed by atoms with E-state index in [9.17, 15) is 24.5 Å². The highest BCUT2D eigenvalue weighted by Gasteiger charge is 2.16. The number of nitro benzene ring substituents is 1. The van der Waals surface area contributed by atoms with E-state index in [1.165, 1.54) is 67.9 Å². The van der Waals surface area contributed by atoms with E-state index in [-0.39, 0.29) is 38.5 Å². The van der Waals surface area contributed by atoms with E-state index < -0.39 is 22.7 Å². The number of methoxy groups -OCH3 is 1. The number of nitrogens with zero attached hydrogens (tertiary/aromatic N) is 2. The van der Waals surface area contributed by atoms with Gasteiger partial charge >= 0.3 is 17.8 Å². The third-order valence-electron chi connectivity index (χ3n) is 4.49. The quantitative estimate of drug-likeness (QED) is 0.116. The third-order valence-corrected chi connectivity index (χ3v) is 5.31. The van der Waals surface area contributed by atoms with Gasteiger partial charge in [-0.3, -0.25) is 19.7 Å². The monoisotopic (exact) mass is 530 g/mol. The maximum atomic E-state index is 12.4. The number of nitro groups is 1. The minimum absolute atomic E-state index is 0.0832. The maximum absolute atomic E-state index is 12.4. The Morgan fingerprint density at radius 2 is 1.72 bits per heavy atom. The highest BCUT2D eigenvalue weighted by molar-refractivity contribution is 6.45. The highest BCUT2D eigenvalue weighted by atomic mass is 35.5. The van der Waals surface area contributed by atoms with Crippen molar-refractivity contribution in [3.05, 3.63) is 92.0 Å². The number of hydrazone groups is 1. The number of benzene rings is 3. The number of rotatable bonds is 7. The van der Waals surface area contributed by atoms with E-state index in [0.29, 0.717) is 5.56 Å². The van der Waals surface area contributed by atoms with E-state index in [2.05, 4.69) is 15.8 Å². The third kappa shape index (κ3) is 6.56. The van der Waals surface area contributed by atoms with Gasteiger partial charge in [0.2, 0.25) is 0 Å². The smallest absolute Gasteiger partial charge is 0.343 e. The average Bonchev–Trinajstić information content (AvgIpc) is 2.87. The molecule has 13 heteroatoms. The highest BCUT2D eigenvalue weighted by Crippen LogP contribution is 2.30. The summed E-state index contributed by atoms with van der Waals surface area (Å²) in [5, 5.41) is 17.1. The number of hydrogen-bond acceptors (Lipinski definition) is 8. The lowest BCUT2D eigenvalue weighted by atomic mass is 10.2. The van der Waals surface area contributed by atoms with Crippen LogP contribution in [0, 0.1) is 10.1 Å². The number of anilines is 1. The van der Waals surface area contributed by atoms with Gasteiger partial charge in [-0.05, 0) is 48.0 Å². The second-order valence-corrected chi connectivity index (χ2v) is 7.64. The lowest BCUT2D eigenvalue weighted by molar-refractivity contribution is -0.384. The zero-order valence-electron chi connectivity index (χ0n) is 18.4. The van der Waals surface area contributed by atoms with Gasteiger partial charge in [-0.1, -0.05) is 29.3 Å². The van der Waals surface area contributed by atoms with Gasteiger partial charge in [-0.15, -0.1) is 0 Å². The molecular formula is C23H16Cl2N4O7. The van der Waals surface area contributed by atoms with Crippen LogP contribution in [0.5, 0.6) is 11.5 Å². The zero-order valence-corrected chi connectivity index (χ0v) is 19.9. The molecule has 2 amide bonds. The molecule has 3 aromatic carbocycles. The number of esters is 1. The van der Waals surface area contributed by atoms with Crippen LogP contribution in [0.2, 0.25) is 10.0 Å². The molecule has 11 nitrogen and oxygen atoms in total.